The number of hydrogen-bond donors (Lipinski definition) is 0. The number of alkyl halides is 1. The van der Waals surface area contributed by atoms with Crippen LogP contribution in [0.25, 0.3) is 0 Å². The highest BCUT2D eigenvalue weighted by atomic mass is 79.9. The normalized spacial score (nSPS) is 24.0. The molecule has 3 heteroatoms. The second-order valence-corrected chi connectivity index (χ2v) is 4.64. The van der Waals surface area contributed by atoms with Crippen molar-refractivity contribution >= 4 is 15.9 Å². The lowest BCUT2D eigenvalue weighted by atomic mass is 10.2. The lowest BCUT2D eigenvalue weighted by molar-refractivity contribution is 0.300. The summed E-state index contributed by atoms with van der Waals surface area (Å²) in [5.74, 6) is 1.50. The molecular weight excluding hydrogens is 242 g/mol. The van der Waals surface area contributed by atoms with Gasteiger partial charge in [0.05, 0.1) is 18.2 Å². The van der Waals surface area contributed by atoms with E-state index in [9.17, 15) is 0 Å². The zero-order chi connectivity index (χ0) is 9.97. The summed E-state index contributed by atoms with van der Waals surface area (Å²) in [5, 5.41) is 8.59. The van der Waals surface area contributed by atoms with E-state index in [1.807, 2.05) is 12.1 Å². The smallest absolute Gasteiger partial charge is 0.119 e. The van der Waals surface area contributed by atoms with Crippen molar-refractivity contribution in [2.45, 2.75) is 11.2 Å². The Bertz CT molecular complexity index is 355. The third kappa shape index (κ3) is 2.27. The Morgan fingerprint density at radius 1 is 1.43 bits per heavy atom. The maximum Gasteiger partial charge on any atom is 0.119 e. The van der Waals surface area contributed by atoms with Crippen molar-refractivity contribution < 1.29 is 4.74 Å². The third-order valence-electron chi connectivity index (χ3n) is 2.28. The van der Waals surface area contributed by atoms with E-state index >= 15 is 0 Å². The van der Waals surface area contributed by atoms with Gasteiger partial charge >= 0.3 is 0 Å². The van der Waals surface area contributed by atoms with Crippen molar-refractivity contribution in [3.63, 3.8) is 0 Å². The second-order valence-electron chi connectivity index (χ2n) is 3.46. The Labute approximate surface area is 91.6 Å². The van der Waals surface area contributed by atoms with E-state index in [0.29, 0.717) is 16.3 Å². The van der Waals surface area contributed by atoms with Gasteiger partial charge in [-0.1, -0.05) is 15.9 Å². The van der Waals surface area contributed by atoms with Crippen LogP contribution in [0, 0.1) is 17.2 Å². The van der Waals surface area contributed by atoms with Gasteiger partial charge in [0.2, 0.25) is 0 Å². The highest BCUT2D eigenvalue weighted by molar-refractivity contribution is 9.09. The van der Waals surface area contributed by atoms with Crippen molar-refractivity contribution in [2.24, 2.45) is 5.92 Å². The highest BCUT2D eigenvalue weighted by Gasteiger charge is 2.34. The summed E-state index contributed by atoms with van der Waals surface area (Å²) in [6.45, 7) is 0.766. The first kappa shape index (κ1) is 9.54. The molecule has 72 valence electrons. The van der Waals surface area contributed by atoms with Crippen LogP contribution in [0.4, 0.5) is 0 Å². The van der Waals surface area contributed by atoms with Crippen LogP contribution in [0.15, 0.2) is 24.3 Å². The zero-order valence-corrected chi connectivity index (χ0v) is 9.20. The molecule has 2 nitrogen and oxygen atoms in total. The molecule has 0 spiro atoms. The summed E-state index contributed by atoms with van der Waals surface area (Å²) in [4.78, 5) is 0.640. The second kappa shape index (κ2) is 4.02. The minimum absolute atomic E-state index is 0.640. The van der Waals surface area contributed by atoms with Gasteiger partial charge in [0.25, 0.3) is 0 Å². The van der Waals surface area contributed by atoms with E-state index in [1.54, 1.807) is 12.1 Å². The molecule has 1 saturated carbocycles. The molecule has 14 heavy (non-hydrogen) atoms. The molecule has 2 atom stereocenters. The number of nitrogens with zero attached hydrogens (tertiary/aromatic N) is 1. The molecule has 0 unspecified atom stereocenters. The highest BCUT2D eigenvalue weighted by Crippen LogP contribution is 2.37. The van der Waals surface area contributed by atoms with E-state index in [1.165, 1.54) is 6.42 Å². The molecule has 0 bridgehead atoms. The topological polar surface area (TPSA) is 33.0 Å². The van der Waals surface area contributed by atoms with Gasteiger partial charge in [0.15, 0.2) is 0 Å². The van der Waals surface area contributed by atoms with Crippen molar-refractivity contribution in [3.05, 3.63) is 29.8 Å². The fourth-order valence-corrected chi connectivity index (χ4v) is 1.84. The van der Waals surface area contributed by atoms with Crippen LogP contribution in [0.3, 0.4) is 0 Å². The lowest BCUT2D eigenvalue weighted by Crippen LogP contribution is -2.00. The predicted molar refractivity (Wildman–Crippen MR) is 57.5 cm³/mol. The minimum Gasteiger partial charge on any atom is -0.493 e. The summed E-state index contributed by atoms with van der Waals surface area (Å²) < 4.78 is 5.56. The Morgan fingerprint density at radius 3 is 2.57 bits per heavy atom. The van der Waals surface area contributed by atoms with Crippen LogP contribution < -0.4 is 4.74 Å². The summed E-state index contributed by atoms with van der Waals surface area (Å²) in [5.41, 5.74) is 0.669. The standard InChI is InChI=1S/C11H10BrNO/c12-11-5-9(11)7-14-10-3-1-8(6-13)2-4-10/h1-4,9,11H,5,7H2/t9-,11+/m1/s1. The minimum atomic E-state index is 0.640. The van der Waals surface area contributed by atoms with Crippen LogP contribution in [0.5, 0.6) is 5.75 Å². The molecule has 1 aromatic rings. The van der Waals surface area contributed by atoms with E-state index in [-0.39, 0.29) is 0 Å². The SMILES string of the molecule is N#Cc1ccc(OC[C@H]2C[C@@H]2Br)cc1. The van der Waals surface area contributed by atoms with Crippen LogP contribution in [-0.2, 0) is 0 Å². The number of benzene rings is 1. The van der Waals surface area contributed by atoms with Gasteiger partial charge in [-0.3, -0.25) is 0 Å². The first-order valence-electron chi connectivity index (χ1n) is 4.56. The van der Waals surface area contributed by atoms with Gasteiger partial charge in [-0.05, 0) is 30.7 Å². The van der Waals surface area contributed by atoms with Gasteiger partial charge in [0.1, 0.15) is 5.75 Å². The number of nitriles is 1. The Hall–Kier alpha value is -1.01. The molecule has 1 aromatic carbocycles. The average Bonchev–Trinajstić information content (AvgIpc) is 2.92. The van der Waals surface area contributed by atoms with Crippen LogP contribution >= 0.6 is 15.9 Å². The summed E-state index contributed by atoms with van der Waals surface area (Å²) in [6, 6.07) is 9.29. The van der Waals surface area contributed by atoms with E-state index in [2.05, 4.69) is 22.0 Å². The monoisotopic (exact) mass is 251 g/mol. The quantitative estimate of drug-likeness (QED) is 0.775. The third-order valence-corrected chi connectivity index (χ3v) is 3.41. The summed E-state index contributed by atoms with van der Waals surface area (Å²) in [7, 11) is 0. The zero-order valence-electron chi connectivity index (χ0n) is 7.61. The summed E-state index contributed by atoms with van der Waals surface area (Å²) in [6.07, 6.45) is 1.20. The molecule has 0 aromatic heterocycles. The van der Waals surface area contributed by atoms with Gasteiger partial charge in [-0.15, -0.1) is 0 Å². The molecule has 1 aliphatic carbocycles. The van der Waals surface area contributed by atoms with E-state index in [0.717, 1.165) is 12.4 Å². The first-order chi connectivity index (χ1) is 6.79. The van der Waals surface area contributed by atoms with Gasteiger partial charge in [-0.25, -0.2) is 0 Å². The molecule has 0 saturated heterocycles. The van der Waals surface area contributed by atoms with Gasteiger partial charge < -0.3 is 4.74 Å². The fourth-order valence-electron chi connectivity index (χ4n) is 1.21. The van der Waals surface area contributed by atoms with Gasteiger partial charge in [-0.2, -0.15) is 5.26 Å². The molecule has 0 N–H and O–H groups in total. The lowest BCUT2D eigenvalue weighted by Gasteiger charge is -2.04. The molecule has 2 rings (SSSR count). The fraction of sp³-hybridized carbons (Fsp3) is 0.364. The molecule has 0 radical (unpaired) electrons. The van der Waals surface area contributed by atoms with Crippen molar-refractivity contribution in [2.75, 3.05) is 6.61 Å². The molecule has 0 amide bonds. The largest absolute Gasteiger partial charge is 0.493 e. The van der Waals surface area contributed by atoms with Crippen molar-refractivity contribution in [1.82, 2.24) is 0 Å². The van der Waals surface area contributed by atoms with Crippen LogP contribution in [0.2, 0.25) is 0 Å². The number of ether oxygens (including phenoxy) is 1. The Kier molecular flexibility index (Phi) is 2.74. The molecular formula is C11H10BrNO. The first-order valence-corrected chi connectivity index (χ1v) is 5.48. The predicted octanol–water partition coefficient (Wildman–Crippen LogP) is 2.72. The molecule has 0 heterocycles. The van der Waals surface area contributed by atoms with E-state index in [4.69, 9.17) is 10.00 Å². The average molecular weight is 252 g/mol. The summed E-state index contributed by atoms with van der Waals surface area (Å²) >= 11 is 3.52. The molecule has 0 aliphatic heterocycles. The molecule has 1 fully saturated rings. The van der Waals surface area contributed by atoms with Crippen LogP contribution in [-0.4, -0.2) is 11.4 Å². The van der Waals surface area contributed by atoms with E-state index < -0.39 is 0 Å². The Morgan fingerprint density at radius 2 is 2.07 bits per heavy atom. The van der Waals surface area contributed by atoms with Crippen molar-refractivity contribution in [1.29, 1.82) is 5.26 Å². The maximum atomic E-state index is 8.59. The van der Waals surface area contributed by atoms with Gasteiger partial charge in [0, 0.05) is 10.7 Å². The van der Waals surface area contributed by atoms with Crippen molar-refractivity contribution in [3.8, 4) is 11.8 Å². The van der Waals surface area contributed by atoms with Crippen LogP contribution in [0.1, 0.15) is 12.0 Å². The number of rotatable bonds is 3. The Balaban J connectivity index is 1.87. The maximum absolute atomic E-state index is 8.59. The number of hydrogen-bond acceptors (Lipinski definition) is 2. The molecule has 1 aliphatic rings. The number of halogens is 1.